The molecule has 2 heterocycles. The number of hydrogen-bond donors (Lipinski definition) is 1. The van der Waals surface area contributed by atoms with Gasteiger partial charge in [0.1, 0.15) is 5.60 Å². The quantitative estimate of drug-likeness (QED) is 0.706. The van der Waals surface area contributed by atoms with E-state index < -0.39 is 5.60 Å². The van der Waals surface area contributed by atoms with Crippen LogP contribution in [0.25, 0.3) is 0 Å². The summed E-state index contributed by atoms with van der Waals surface area (Å²) < 4.78 is 5.49. The van der Waals surface area contributed by atoms with E-state index in [0.717, 1.165) is 25.7 Å². The van der Waals surface area contributed by atoms with Gasteiger partial charge in [-0.2, -0.15) is 0 Å². The third-order valence-electron chi connectivity index (χ3n) is 3.62. The maximum Gasteiger partial charge on any atom is 0.410 e. The van der Waals surface area contributed by atoms with Gasteiger partial charge in [0.15, 0.2) is 0 Å². The Morgan fingerprint density at radius 3 is 2.24 bits per heavy atom. The standard InChI is InChI=1S/C13H24N2O2/c1-13(2,3)17-12(16)15-10-5-4-6-11(15)8-9(14)7-10/h9-11H,4-8,14H2,1-3H3/t9?,10-,11?/m1/s1. The monoisotopic (exact) mass is 240 g/mol. The Hall–Kier alpha value is -0.770. The Kier molecular flexibility index (Phi) is 3.34. The summed E-state index contributed by atoms with van der Waals surface area (Å²) in [4.78, 5) is 14.2. The molecule has 0 saturated carbocycles. The summed E-state index contributed by atoms with van der Waals surface area (Å²) in [6, 6.07) is 0.851. The van der Waals surface area contributed by atoms with E-state index in [1.165, 1.54) is 6.42 Å². The second kappa shape index (κ2) is 4.48. The van der Waals surface area contributed by atoms with Crippen molar-refractivity contribution in [3.8, 4) is 0 Å². The molecule has 98 valence electrons. The lowest BCUT2D eigenvalue weighted by Crippen LogP contribution is -2.58. The molecule has 0 aromatic rings. The first-order valence-corrected chi connectivity index (χ1v) is 6.64. The molecule has 17 heavy (non-hydrogen) atoms. The van der Waals surface area contributed by atoms with E-state index in [1.807, 2.05) is 25.7 Å². The van der Waals surface area contributed by atoms with Gasteiger partial charge in [0.2, 0.25) is 0 Å². The molecule has 2 N–H and O–H groups in total. The zero-order chi connectivity index (χ0) is 12.6. The molecular weight excluding hydrogens is 216 g/mol. The number of fused-ring (bicyclic) bond motifs is 2. The summed E-state index contributed by atoms with van der Waals surface area (Å²) in [5.74, 6) is 0. The summed E-state index contributed by atoms with van der Waals surface area (Å²) in [6.45, 7) is 5.74. The fourth-order valence-corrected chi connectivity index (χ4v) is 3.04. The van der Waals surface area contributed by atoms with Gasteiger partial charge >= 0.3 is 6.09 Å². The van der Waals surface area contributed by atoms with E-state index in [9.17, 15) is 4.79 Å². The lowest BCUT2D eigenvalue weighted by molar-refractivity contribution is -0.0210. The second-order valence-corrected chi connectivity index (χ2v) is 6.36. The van der Waals surface area contributed by atoms with Crippen LogP contribution < -0.4 is 5.73 Å². The van der Waals surface area contributed by atoms with E-state index in [2.05, 4.69) is 0 Å². The summed E-state index contributed by atoms with van der Waals surface area (Å²) in [6.07, 6.45) is 5.05. The number of carbonyl (C=O) groups is 1. The van der Waals surface area contributed by atoms with Gasteiger partial charge in [0.25, 0.3) is 0 Å². The normalized spacial score (nSPS) is 33.4. The highest BCUT2D eigenvalue weighted by Gasteiger charge is 2.41. The molecule has 0 radical (unpaired) electrons. The summed E-state index contributed by atoms with van der Waals surface area (Å²) in [5, 5.41) is 0. The van der Waals surface area contributed by atoms with Crippen molar-refractivity contribution in [2.75, 3.05) is 0 Å². The zero-order valence-electron chi connectivity index (χ0n) is 11.1. The Bertz CT molecular complexity index is 284. The van der Waals surface area contributed by atoms with Crippen molar-refractivity contribution in [2.24, 2.45) is 5.73 Å². The summed E-state index contributed by atoms with van der Waals surface area (Å²) in [7, 11) is 0. The maximum absolute atomic E-state index is 12.2. The number of nitrogens with two attached hydrogens (primary N) is 1. The molecule has 2 saturated heterocycles. The van der Waals surface area contributed by atoms with Gasteiger partial charge in [-0.05, 0) is 52.9 Å². The van der Waals surface area contributed by atoms with Gasteiger partial charge in [0.05, 0.1) is 0 Å². The van der Waals surface area contributed by atoms with Crippen LogP contribution in [0, 0.1) is 0 Å². The second-order valence-electron chi connectivity index (χ2n) is 6.36. The number of piperidine rings is 2. The largest absolute Gasteiger partial charge is 0.444 e. The van der Waals surface area contributed by atoms with Gasteiger partial charge < -0.3 is 15.4 Å². The average Bonchev–Trinajstić information content (AvgIpc) is 2.12. The van der Waals surface area contributed by atoms with Gasteiger partial charge in [-0.1, -0.05) is 0 Å². The molecule has 2 unspecified atom stereocenters. The number of nitrogens with zero attached hydrogens (tertiary/aromatic N) is 1. The lowest BCUT2D eigenvalue weighted by Gasteiger charge is -2.47. The van der Waals surface area contributed by atoms with E-state index in [0.29, 0.717) is 12.1 Å². The van der Waals surface area contributed by atoms with Crippen LogP contribution >= 0.6 is 0 Å². The number of hydrogen-bond acceptors (Lipinski definition) is 3. The molecule has 2 aliphatic rings. The lowest BCUT2D eigenvalue weighted by atomic mass is 9.82. The highest BCUT2D eigenvalue weighted by atomic mass is 16.6. The fourth-order valence-electron chi connectivity index (χ4n) is 3.04. The molecule has 2 bridgehead atoms. The third kappa shape index (κ3) is 2.92. The smallest absolute Gasteiger partial charge is 0.410 e. The van der Waals surface area contributed by atoms with Gasteiger partial charge in [-0.25, -0.2) is 4.79 Å². The van der Waals surface area contributed by atoms with E-state index in [1.54, 1.807) is 0 Å². The van der Waals surface area contributed by atoms with E-state index in [-0.39, 0.29) is 12.1 Å². The molecule has 2 fully saturated rings. The third-order valence-corrected chi connectivity index (χ3v) is 3.62. The highest BCUT2D eigenvalue weighted by molar-refractivity contribution is 5.69. The van der Waals surface area contributed by atoms with Crippen molar-refractivity contribution < 1.29 is 9.53 Å². The Balaban J connectivity index is 2.07. The topological polar surface area (TPSA) is 55.6 Å². The number of ether oxygens (including phenoxy) is 1. The summed E-state index contributed by atoms with van der Waals surface area (Å²) >= 11 is 0. The molecule has 2 rings (SSSR count). The number of amides is 1. The highest BCUT2D eigenvalue weighted by Crippen LogP contribution is 2.34. The number of rotatable bonds is 0. The SMILES string of the molecule is CC(C)(C)OC(=O)N1C2CCC[C@@H]1CC(N)C2. The Morgan fingerprint density at radius 1 is 1.24 bits per heavy atom. The predicted molar refractivity (Wildman–Crippen MR) is 66.7 cm³/mol. The summed E-state index contributed by atoms with van der Waals surface area (Å²) in [5.41, 5.74) is 5.62. The minimum absolute atomic E-state index is 0.154. The van der Waals surface area contributed by atoms with Crippen molar-refractivity contribution in [2.45, 2.75) is 76.6 Å². The van der Waals surface area contributed by atoms with E-state index in [4.69, 9.17) is 10.5 Å². The number of carbonyl (C=O) groups excluding carboxylic acids is 1. The zero-order valence-corrected chi connectivity index (χ0v) is 11.1. The molecule has 3 atom stereocenters. The van der Waals surface area contributed by atoms with Crippen LogP contribution in [0.2, 0.25) is 0 Å². The van der Waals surface area contributed by atoms with Crippen LogP contribution in [-0.2, 0) is 4.74 Å². The van der Waals surface area contributed by atoms with E-state index >= 15 is 0 Å². The van der Waals surface area contributed by atoms with Crippen molar-refractivity contribution >= 4 is 6.09 Å². The van der Waals surface area contributed by atoms with Crippen molar-refractivity contribution in [3.05, 3.63) is 0 Å². The minimum atomic E-state index is -0.412. The Labute approximate surface area is 103 Å². The molecule has 1 amide bonds. The maximum atomic E-state index is 12.2. The van der Waals surface area contributed by atoms with Crippen molar-refractivity contribution in [1.29, 1.82) is 0 Å². The van der Waals surface area contributed by atoms with Crippen LogP contribution in [0.4, 0.5) is 4.79 Å². The molecule has 2 aliphatic heterocycles. The van der Waals surface area contributed by atoms with Crippen LogP contribution in [0.5, 0.6) is 0 Å². The molecule has 4 heteroatoms. The molecule has 0 aromatic heterocycles. The molecule has 0 spiro atoms. The first kappa shape index (κ1) is 12.7. The Morgan fingerprint density at radius 2 is 1.76 bits per heavy atom. The minimum Gasteiger partial charge on any atom is -0.444 e. The van der Waals surface area contributed by atoms with Crippen LogP contribution in [0.3, 0.4) is 0 Å². The molecule has 4 nitrogen and oxygen atoms in total. The van der Waals surface area contributed by atoms with Crippen molar-refractivity contribution in [1.82, 2.24) is 4.90 Å². The van der Waals surface area contributed by atoms with Gasteiger partial charge in [-0.15, -0.1) is 0 Å². The van der Waals surface area contributed by atoms with Crippen LogP contribution in [0.1, 0.15) is 52.9 Å². The molecular formula is C13H24N2O2. The average molecular weight is 240 g/mol. The van der Waals surface area contributed by atoms with Gasteiger partial charge in [0, 0.05) is 18.1 Å². The van der Waals surface area contributed by atoms with Crippen LogP contribution in [-0.4, -0.2) is 34.7 Å². The molecule has 0 aliphatic carbocycles. The fraction of sp³-hybridized carbons (Fsp3) is 0.923. The predicted octanol–water partition coefficient (Wildman–Crippen LogP) is 2.27. The van der Waals surface area contributed by atoms with Crippen LogP contribution in [0.15, 0.2) is 0 Å². The van der Waals surface area contributed by atoms with Gasteiger partial charge in [-0.3, -0.25) is 0 Å². The molecule has 0 aromatic carbocycles. The first-order chi connectivity index (χ1) is 7.87. The first-order valence-electron chi connectivity index (χ1n) is 6.64. The van der Waals surface area contributed by atoms with Crippen molar-refractivity contribution in [3.63, 3.8) is 0 Å².